The van der Waals surface area contributed by atoms with Crippen molar-refractivity contribution in [1.82, 2.24) is 15.1 Å². The zero-order chi connectivity index (χ0) is 15.2. The highest BCUT2D eigenvalue weighted by molar-refractivity contribution is 5.88. The van der Waals surface area contributed by atoms with Gasteiger partial charge in [-0.2, -0.15) is 0 Å². The molecule has 120 valence electrons. The van der Waals surface area contributed by atoms with Crippen LogP contribution >= 0.6 is 0 Å². The Balaban J connectivity index is 1.74. The average molecular weight is 293 g/mol. The van der Waals surface area contributed by atoms with Crippen LogP contribution < -0.4 is 5.32 Å². The first-order chi connectivity index (χ1) is 9.94. The van der Waals surface area contributed by atoms with E-state index in [0.29, 0.717) is 17.9 Å². The van der Waals surface area contributed by atoms with Crippen LogP contribution in [0.2, 0.25) is 0 Å². The Bertz CT molecular complexity index is 407. The second-order valence-corrected chi connectivity index (χ2v) is 7.86. The summed E-state index contributed by atoms with van der Waals surface area (Å²) in [4.78, 5) is 17.8. The Morgan fingerprint density at radius 2 is 2.00 bits per heavy atom. The van der Waals surface area contributed by atoms with Crippen molar-refractivity contribution in [3.05, 3.63) is 0 Å². The molecule has 2 heterocycles. The van der Waals surface area contributed by atoms with E-state index in [1.54, 1.807) is 0 Å². The lowest BCUT2D eigenvalue weighted by atomic mass is 9.99. The second kappa shape index (κ2) is 5.54. The number of carbonyl (C=O) groups excluding carboxylic acids is 1. The zero-order valence-electron chi connectivity index (χ0n) is 14.1. The lowest BCUT2D eigenvalue weighted by Gasteiger charge is -2.31. The molecular weight excluding hydrogens is 262 g/mol. The summed E-state index contributed by atoms with van der Waals surface area (Å²) < 4.78 is 0. The minimum absolute atomic E-state index is 0.228. The Morgan fingerprint density at radius 3 is 2.57 bits per heavy atom. The second-order valence-electron chi connectivity index (χ2n) is 7.86. The van der Waals surface area contributed by atoms with Gasteiger partial charge in [-0.15, -0.1) is 0 Å². The van der Waals surface area contributed by atoms with Crippen LogP contribution in [-0.4, -0.2) is 52.6 Å². The number of nitrogens with one attached hydrogen (secondary N) is 1. The van der Waals surface area contributed by atoms with Gasteiger partial charge < -0.3 is 4.90 Å². The van der Waals surface area contributed by atoms with Gasteiger partial charge in [-0.1, -0.05) is 20.8 Å². The summed E-state index contributed by atoms with van der Waals surface area (Å²) >= 11 is 0. The van der Waals surface area contributed by atoms with Gasteiger partial charge in [0.05, 0.1) is 11.7 Å². The molecule has 3 aliphatic rings. The van der Waals surface area contributed by atoms with Gasteiger partial charge in [-0.3, -0.25) is 15.0 Å². The molecule has 0 bridgehead atoms. The molecule has 2 saturated heterocycles. The molecule has 1 amide bonds. The fourth-order valence-electron chi connectivity index (χ4n) is 3.98. The van der Waals surface area contributed by atoms with E-state index in [1.807, 2.05) is 0 Å². The first kappa shape index (κ1) is 15.3. The number of hydrogen-bond acceptors (Lipinski definition) is 3. The Kier molecular flexibility index (Phi) is 4.04. The van der Waals surface area contributed by atoms with E-state index in [4.69, 9.17) is 0 Å². The average Bonchev–Trinajstić information content (AvgIpc) is 3.11. The van der Waals surface area contributed by atoms with Crippen LogP contribution in [0.15, 0.2) is 0 Å². The van der Waals surface area contributed by atoms with E-state index in [2.05, 4.69) is 42.8 Å². The van der Waals surface area contributed by atoms with Gasteiger partial charge in [0, 0.05) is 25.2 Å². The third-order valence-electron chi connectivity index (χ3n) is 5.58. The van der Waals surface area contributed by atoms with Crippen LogP contribution in [0.25, 0.3) is 0 Å². The molecule has 3 rings (SSSR count). The minimum Gasteiger partial charge on any atom is -0.321 e. The molecule has 3 fully saturated rings. The van der Waals surface area contributed by atoms with Crippen molar-refractivity contribution in [2.75, 3.05) is 13.1 Å². The molecule has 3 unspecified atom stereocenters. The molecular formula is C17H31N3O. The highest BCUT2D eigenvalue weighted by Crippen LogP contribution is 2.35. The lowest BCUT2D eigenvalue weighted by Crippen LogP contribution is -2.46. The van der Waals surface area contributed by atoms with E-state index in [0.717, 1.165) is 31.8 Å². The Morgan fingerprint density at radius 1 is 1.29 bits per heavy atom. The lowest BCUT2D eigenvalue weighted by molar-refractivity contribution is -0.135. The number of hydrogen-bond donors (Lipinski definition) is 1. The van der Waals surface area contributed by atoms with Gasteiger partial charge in [0.25, 0.3) is 0 Å². The summed E-state index contributed by atoms with van der Waals surface area (Å²) in [6.45, 7) is 11.0. The summed E-state index contributed by atoms with van der Waals surface area (Å²) in [5.41, 5.74) is -0.355. The third-order valence-corrected chi connectivity index (χ3v) is 5.58. The van der Waals surface area contributed by atoms with Gasteiger partial charge in [-0.05, 0) is 44.9 Å². The van der Waals surface area contributed by atoms with Crippen molar-refractivity contribution in [3.8, 4) is 0 Å². The van der Waals surface area contributed by atoms with Gasteiger partial charge in [0.1, 0.15) is 0 Å². The maximum absolute atomic E-state index is 13.0. The first-order valence-corrected chi connectivity index (χ1v) is 8.79. The van der Waals surface area contributed by atoms with Gasteiger partial charge >= 0.3 is 0 Å². The topological polar surface area (TPSA) is 35.6 Å². The number of amides is 1. The van der Waals surface area contributed by atoms with E-state index in [9.17, 15) is 4.79 Å². The molecule has 4 nitrogen and oxygen atoms in total. The molecule has 1 aliphatic carbocycles. The molecule has 3 atom stereocenters. The smallest absolute Gasteiger partial charge is 0.244 e. The van der Waals surface area contributed by atoms with Crippen molar-refractivity contribution in [2.24, 2.45) is 5.92 Å². The highest BCUT2D eigenvalue weighted by Gasteiger charge is 2.50. The highest BCUT2D eigenvalue weighted by atomic mass is 16.2. The summed E-state index contributed by atoms with van der Waals surface area (Å²) in [6.07, 6.45) is 6.03. The molecule has 1 saturated carbocycles. The van der Waals surface area contributed by atoms with Crippen LogP contribution in [0, 0.1) is 5.92 Å². The molecule has 0 spiro atoms. The number of nitrogens with zero attached hydrogens (tertiary/aromatic N) is 2. The van der Waals surface area contributed by atoms with Crippen molar-refractivity contribution in [3.63, 3.8) is 0 Å². The number of rotatable bonds is 5. The molecule has 0 aromatic rings. The van der Waals surface area contributed by atoms with Crippen LogP contribution in [0.3, 0.4) is 0 Å². The van der Waals surface area contributed by atoms with Crippen molar-refractivity contribution in [1.29, 1.82) is 0 Å². The Hall–Kier alpha value is -0.610. The van der Waals surface area contributed by atoms with E-state index in [-0.39, 0.29) is 11.7 Å². The monoisotopic (exact) mass is 293 g/mol. The molecule has 0 aromatic heterocycles. The maximum Gasteiger partial charge on any atom is 0.244 e. The van der Waals surface area contributed by atoms with E-state index in [1.165, 1.54) is 19.4 Å². The Labute approximate surface area is 129 Å². The zero-order valence-corrected chi connectivity index (χ0v) is 14.1. The first-order valence-electron chi connectivity index (χ1n) is 8.79. The number of likely N-dealkylation sites (tertiary alicyclic amines) is 1. The minimum atomic E-state index is -0.355. The van der Waals surface area contributed by atoms with Crippen molar-refractivity contribution in [2.45, 2.75) is 83.6 Å². The predicted molar refractivity (Wildman–Crippen MR) is 84.9 cm³/mol. The van der Waals surface area contributed by atoms with Crippen LogP contribution in [0.4, 0.5) is 0 Å². The largest absolute Gasteiger partial charge is 0.321 e. The third kappa shape index (κ3) is 2.85. The predicted octanol–water partition coefficient (Wildman–Crippen LogP) is 2.20. The van der Waals surface area contributed by atoms with Gasteiger partial charge in [0.2, 0.25) is 5.91 Å². The van der Waals surface area contributed by atoms with Crippen LogP contribution in [0.1, 0.15) is 59.8 Å². The molecule has 0 aromatic carbocycles. The standard InChI is InChI=1S/C17H31N3O/c1-5-17(4)16(21)20(15(18-17)10-12(2)3)14-8-9-19(11-14)13-6-7-13/h12-15,18H,5-11H2,1-4H3. The molecule has 2 aliphatic heterocycles. The van der Waals surface area contributed by atoms with Crippen molar-refractivity contribution < 1.29 is 4.79 Å². The fourth-order valence-corrected chi connectivity index (χ4v) is 3.98. The number of carbonyl (C=O) groups is 1. The quantitative estimate of drug-likeness (QED) is 0.844. The van der Waals surface area contributed by atoms with E-state index >= 15 is 0 Å². The van der Waals surface area contributed by atoms with Crippen LogP contribution in [-0.2, 0) is 4.79 Å². The van der Waals surface area contributed by atoms with Crippen LogP contribution in [0.5, 0.6) is 0 Å². The molecule has 1 N–H and O–H groups in total. The van der Waals surface area contributed by atoms with Gasteiger partial charge in [0.15, 0.2) is 0 Å². The molecule has 0 radical (unpaired) electrons. The summed E-state index contributed by atoms with van der Waals surface area (Å²) in [7, 11) is 0. The molecule has 21 heavy (non-hydrogen) atoms. The fraction of sp³-hybridized carbons (Fsp3) is 0.941. The maximum atomic E-state index is 13.0. The normalized spacial score (nSPS) is 38.0. The molecule has 4 heteroatoms. The summed E-state index contributed by atoms with van der Waals surface area (Å²) in [5.74, 6) is 0.941. The SMILES string of the molecule is CCC1(C)NC(CC(C)C)N(C2CCN(C3CC3)C2)C1=O. The van der Waals surface area contributed by atoms with Gasteiger partial charge in [-0.25, -0.2) is 0 Å². The van der Waals surface area contributed by atoms with E-state index < -0.39 is 0 Å². The summed E-state index contributed by atoms with van der Waals surface area (Å²) in [5, 5.41) is 3.64. The van der Waals surface area contributed by atoms with Crippen molar-refractivity contribution >= 4 is 5.91 Å². The summed E-state index contributed by atoms with van der Waals surface area (Å²) in [6, 6.07) is 1.24.